The molecule has 130 valence electrons. The smallest absolute Gasteiger partial charge is 0.269 e. The summed E-state index contributed by atoms with van der Waals surface area (Å²) in [5.74, 6) is -2.02. The molecular formula is C16H19ClF2N4O. The first kappa shape index (κ1) is 18.4. The molecule has 2 unspecified atom stereocenters. The van der Waals surface area contributed by atoms with Crippen molar-refractivity contribution in [2.45, 2.75) is 18.4 Å². The van der Waals surface area contributed by atoms with Crippen LogP contribution in [0, 0.1) is 11.6 Å². The number of carbonyl (C=O) groups is 1. The van der Waals surface area contributed by atoms with Crippen LogP contribution in [0.15, 0.2) is 30.5 Å². The molecule has 0 spiro atoms. The lowest BCUT2D eigenvalue weighted by Gasteiger charge is -2.33. The monoisotopic (exact) mass is 356 g/mol. The van der Waals surface area contributed by atoms with E-state index in [2.05, 4.69) is 15.7 Å². The third-order valence-corrected chi connectivity index (χ3v) is 4.22. The van der Waals surface area contributed by atoms with Gasteiger partial charge in [-0.3, -0.25) is 9.48 Å². The van der Waals surface area contributed by atoms with Gasteiger partial charge in [-0.2, -0.15) is 5.10 Å². The minimum absolute atomic E-state index is 0. The number of hydrogen-bond donors (Lipinski definition) is 2. The largest absolute Gasteiger partial charge is 0.346 e. The van der Waals surface area contributed by atoms with Gasteiger partial charge in [0.2, 0.25) is 0 Å². The predicted molar refractivity (Wildman–Crippen MR) is 88.3 cm³/mol. The van der Waals surface area contributed by atoms with Crippen LogP contribution in [0.4, 0.5) is 8.78 Å². The highest BCUT2D eigenvalue weighted by molar-refractivity contribution is 5.92. The molecule has 1 aromatic heterocycles. The Balaban J connectivity index is 0.00000208. The van der Waals surface area contributed by atoms with Gasteiger partial charge in [0.05, 0.1) is 0 Å². The fourth-order valence-electron chi connectivity index (χ4n) is 2.99. The van der Waals surface area contributed by atoms with Gasteiger partial charge in [-0.15, -0.1) is 12.4 Å². The van der Waals surface area contributed by atoms with Crippen molar-refractivity contribution in [1.29, 1.82) is 0 Å². The van der Waals surface area contributed by atoms with Gasteiger partial charge in [-0.25, -0.2) is 8.78 Å². The summed E-state index contributed by atoms with van der Waals surface area (Å²) >= 11 is 0. The average Bonchev–Trinajstić information content (AvgIpc) is 2.97. The number of halogens is 3. The van der Waals surface area contributed by atoms with Gasteiger partial charge in [0.1, 0.15) is 5.69 Å². The van der Waals surface area contributed by atoms with Crippen molar-refractivity contribution in [2.75, 3.05) is 13.1 Å². The maximum atomic E-state index is 13.5. The van der Waals surface area contributed by atoms with Crippen LogP contribution >= 0.6 is 12.4 Å². The average molecular weight is 357 g/mol. The van der Waals surface area contributed by atoms with Crippen LogP contribution in [0.2, 0.25) is 0 Å². The van der Waals surface area contributed by atoms with Gasteiger partial charge in [-0.05, 0) is 36.7 Å². The summed E-state index contributed by atoms with van der Waals surface area (Å²) < 4.78 is 28.1. The molecule has 2 heterocycles. The number of amides is 1. The Morgan fingerprint density at radius 3 is 2.79 bits per heavy atom. The lowest BCUT2D eigenvalue weighted by molar-refractivity contribution is 0.0915. The molecule has 1 aliphatic rings. The van der Waals surface area contributed by atoms with Gasteiger partial charge in [0.25, 0.3) is 5.91 Å². The standard InChI is InChI=1S/C16H18F2N4O.ClH/c1-22-15(5-7-20-22)16(23)21-14-9-19-6-4-11(14)10-2-3-12(17)13(18)8-10;/h2-3,5,7-8,11,14,19H,4,6,9H2,1H3,(H,21,23);1H. The van der Waals surface area contributed by atoms with E-state index in [0.29, 0.717) is 17.8 Å². The van der Waals surface area contributed by atoms with E-state index in [1.54, 1.807) is 25.4 Å². The molecule has 2 atom stereocenters. The first-order valence-corrected chi connectivity index (χ1v) is 7.51. The second kappa shape index (κ2) is 7.72. The van der Waals surface area contributed by atoms with E-state index in [0.717, 1.165) is 19.0 Å². The molecule has 0 bridgehead atoms. The molecule has 3 rings (SSSR count). The SMILES string of the molecule is Cl.Cn1nccc1C(=O)NC1CNCCC1c1ccc(F)c(F)c1. The summed E-state index contributed by atoms with van der Waals surface area (Å²) in [6.07, 6.45) is 2.29. The third kappa shape index (κ3) is 3.73. The van der Waals surface area contributed by atoms with E-state index in [-0.39, 0.29) is 30.3 Å². The van der Waals surface area contributed by atoms with Gasteiger partial charge < -0.3 is 10.6 Å². The molecule has 24 heavy (non-hydrogen) atoms. The maximum absolute atomic E-state index is 13.5. The summed E-state index contributed by atoms with van der Waals surface area (Å²) in [7, 11) is 1.70. The van der Waals surface area contributed by atoms with Crippen LogP contribution in [0.25, 0.3) is 0 Å². The van der Waals surface area contributed by atoms with Crippen molar-refractivity contribution in [2.24, 2.45) is 7.05 Å². The lowest BCUT2D eigenvalue weighted by atomic mass is 9.86. The number of nitrogens with zero attached hydrogens (tertiary/aromatic N) is 2. The van der Waals surface area contributed by atoms with Gasteiger partial charge in [0, 0.05) is 31.7 Å². The molecule has 2 N–H and O–H groups in total. The van der Waals surface area contributed by atoms with Crippen LogP contribution in [-0.4, -0.2) is 34.8 Å². The number of nitrogens with one attached hydrogen (secondary N) is 2. The van der Waals surface area contributed by atoms with Crippen LogP contribution < -0.4 is 10.6 Å². The molecule has 5 nitrogen and oxygen atoms in total. The molecular weight excluding hydrogens is 338 g/mol. The number of piperidine rings is 1. The number of benzene rings is 1. The van der Waals surface area contributed by atoms with E-state index in [9.17, 15) is 13.6 Å². The Morgan fingerprint density at radius 1 is 1.33 bits per heavy atom. The Morgan fingerprint density at radius 2 is 2.12 bits per heavy atom. The minimum Gasteiger partial charge on any atom is -0.346 e. The topological polar surface area (TPSA) is 59.0 Å². The second-order valence-corrected chi connectivity index (χ2v) is 5.69. The second-order valence-electron chi connectivity index (χ2n) is 5.69. The van der Waals surface area contributed by atoms with E-state index in [1.165, 1.54) is 10.7 Å². The Kier molecular flexibility index (Phi) is 5.90. The molecule has 0 radical (unpaired) electrons. The van der Waals surface area contributed by atoms with Crippen molar-refractivity contribution in [3.8, 4) is 0 Å². The number of carbonyl (C=O) groups excluding carboxylic acids is 1. The predicted octanol–water partition coefficient (Wildman–Crippen LogP) is 2.00. The molecule has 8 heteroatoms. The first-order chi connectivity index (χ1) is 11.1. The number of aromatic nitrogens is 2. The lowest BCUT2D eigenvalue weighted by Crippen LogP contribution is -2.50. The van der Waals surface area contributed by atoms with Crippen molar-refractivity contribution in [3.63, 3.8) is 0 Å². The molecule has 1 fully saturated rings. The summed E-state index contributed by atoms with van der Waals surface area (Å²) in [5, 5.41) is 10.2. The van der Waals surface area contributed by atoms with Crippen molar-refractivity contribution >= 4 is 18.3 Å². The maximum Gasteiger partial charge on any atom is 0.269 e. The van der Waals surface area contributed by atoms with E-state index in [4.69, 9.17) is 0 Å². The number of hydrogen-bond acceptors (Lipinski definition) is 3. The van der Waals surface area contributed by atoms with E-state index >= 15 is 0 Å². The van der Waals surface area contributed by atoms with Crippen molar-refractivity contribution < 1.29 is 13.6 Å². The van der Waals surface area contributed by atoms with Gasteiger partial charge >= 0.3 is 0 Å². The van der Waals surface area contributed by atoms with Crippen molar-refractivity contribution in [3.05, 3.63) is 53.4 Å². The van der Waals surface area contributed by atoms with Crippen LogP contribution in [0.5, 0.6) is 0 Å². The van der Waals surface area contributed by atoms with E-state index < -0.39 is 11.6 Å². The Bertz CT molecular complexity index is 722. The third-order valence-electron chi connectivity index (χ3n) is 4.22. The summed E-state index contributed by atoms with van der Waals surface area (Å²) in [4.78, 5) is 12.4. The quantitative estimate of drug-likeness (QED) is 0.884. The highest BCUT2D eigenvalue weighted by Crippen LogP contribution is 2.27. The Hall–Kier alpha value is -1.99. The van der Waals surface area contributed by atoms with Crippen LogP contribution in [-0.2, 0) is 7.05 Å². The summed E-state index contributed by atoms with van der Waals surface area (Å²) in [6, 6.07) is 5.37. The minimum atomic E-state index is -0.863. The molecule has 1 aliphatic heterocycles. The fourth-order valence-corrected chi connectivity index (χ4v) is 2.99. The molecule has 2 aromatic rings. The van der Waals surface area contributed by atoms with E-state index in [1.807, 2.05) is 0 Å². The molecule has 0 saturated carbocycles. The summed E-state index contributed by atoms with van der Waals surface area (Å²) in [5.41, 5.74) is 1.15. The normalized spacial score (nSPS) is 20.3. The van der Waals surface area contributed by atoms with Crippen LogP contribution in [0.1, 0.15) is 28.4 Å². The fraction of sp³-hybridized carbons (Fsp3) is 0.375. The zero-order valence-corrected chi connectivity index (χ0v) is 13.9. The highest BCUT2D eigenvalue weighted by atomic mass is 35.5. The molecule has 1 amide bonds. The highest BCUT2D eigenvalue weighted by Gasteiger charge is 2.29. The van der Waals surface area contributed by atoms with Crippen molar-refractivity contribution in [1.82, 2.24) is 20.4 Å². The van der Waals surface area contributed by atoms with Gasteiger partial charge in [-0.1, -0.05) is 6.07 Å². The molecule has 1 saturated heterocycles. The first-order valence-electron chi connectivity index (χ1n) is 7.51. The number of rotatable bonds is 3. The van der Waals surface area contributed by atoms with Gasteiger partial charge in [0.15, 0.2) is 11.6 Å². The molecule has 1 aromatic carbocycles. The Labute approximate surface area is 144 Å². The zero-order chi connectivity index (χ0) is 16.4. The zero-order valence-electron chi connectivity index (χ0n) is 13.1. The summed E-state index contributed by atoms with van der Waals surface area (Å²) in [6.45, 7) is 1.34. The number of aryl methyl sites for hydroxylation is 1. The van der Waals surface area contributed by atoms with Crippen LogP contribution in [0.3, 0.4) is 0 Å². The molecule has 0 aliphatic carbocycles.